The summed E-state index contributed by atoms with van der Waals surface area (Å²) in [6.45, 7) is 2.75. The van der Waals surface area contributed by atoms with E-state index < -0.39 is 0 Å². The van der Waals surface area contributed by atoms with Gasteiger partial charge >= 0.3 is 0 Å². The molecule has 0 bridgehead atoms. The molecule has 0 spiro atoms. The van der Waals surface area contributed by atoms with Crippen LogP contribution in [0.25, 0.3) is 0 Å². The van der Waals surface area contributed by atoms with Crippen LogP contribution >= 0.6 is 0 Å². The number of hydrogen-bond donors (Lipinski definition) is 1. The van der Waals surface area contributed by atoms with Crippen molar-refractivity contribution in [1.82, 2.24) is 4.90 Å². The largest absolute Gasteiger partial charge is 0.393 e. The van der Waals surface area contributed by atoms with Crippen LogP contribution in [0.2, 0.25) is 0 Å². The van der Waals surface area contributed by atoms with E-state index in [1.165, 1.54) is 16.7 Å². The van der Waals surface area contributed by atoms with Crippen LogP contribution in [0.15, 0.2) is 42.5 Å². The van der Waals surface area contributed by atoms with Crippen molar-refractivity contribution >= 4 is 0 Å². The van der Waals surface area contributed by atoms with Crippen molar-refractivity contribution in [1.29, 1.82) is 0 Å². The normalized spacial score (nSPS) is 28.3. The summed E-state index contributed by atoms with van der Waals surface area (Å²) in [4.78, 5) is 2.40. The first kappa shape index (κ1) is 17.4. The lowest BCUT2D eigenvalue weighted by atomic mass is 9.87. The van der Waals surface area contributed by atoms with Gasteiger partial charge in [0.25, 0.3) is 0 Å². The highest BCUT2D eigenvalue weighted by atomic mass is 19.1. The highest BCUT2D eigenvalue weighted by molar-refractivity contribution is 5.45. The summed E-state index contributed by atoms with van der Waals surface area (Å²) in [5.41, 5.74) is 4.89. The Balaban J connectivity index is 1.45. The molecule has 2 fully saturated rings. The maximum absolute atomic E-state index is 14.0. The summed E-state index contributed by atoms with van der Waals surface area (Å²) in [6.07, 6.45) is 3.43. The van der Waals surface area contributed by atoms with Crippen LogP contribution in [0, 0.1) is 5.82 Å². The average molecular weight is 367 g/mol. The van der Waals surface area contributed by atoms with Crippen molar-refractivity contribution < 1.29 is 14.2 Å². The number of nitrogens with zero attached hydrogens (tertiary/aromatic N) is 1. The van der Waals surface area contributed by atoms with E-state index in [4.69, 9.17) is 4.74 Å². The van der Waals surface area contributed by atoms with E-state index in [0.29, 0.717) is 0 Å². The third kappa shape index (κ3) is 3.31. The maximum Gasteiger partial charge on any atom is 0.123 e. The van der Waals surface area contributed by atoms with E-state index in [2.05, 4.69) is 29.2 Å². The summed E-state index contributed by atoms with van der Waals surface area (Å²) in [7, 11) is 0. The molecule has 27 heavy (non-hydrogen) atoms. The number of piperidine rings is 1. The molecule has 3 unspecified atom stereocenters. The van der Waals surface area contributed by atoms with Gasteiger partial charge in [-0.1, -0.05) is 30.3 Å². The van der Waals surface area contributed by atoms with Gasteiger partial charge in [0.15, 0.2) is 0 Å². The molecule has 0 amide bonds. The van der Waals surface area contributed by atoms with E-state index in [9.17, 15) is 9.50 Å². The van der Waals surface area contributed by atoms with Gasteiger partial charge in [0, 0.05) is 25.6 Å². The van der Waals surface area contributed by atoms with Crippen LogP contribution < -0.4 is 0 Å². The van der Waals surface area contributed by atoms with Gasteiger partial charge in [0.05, 0.1) is 18.3 Å². The first-order valence-corrected chi connectivity index (χ1v) is 10.1. The van der Waals surface area contributed by atoms with Crippen LogP contribution in [0.5, 0.6) is 0 Å². The second kappa shape index (κ2) is 7.01. The van der Waals surface area contributed by atoms with Gasteiger partial charge in [0.1, 0.15) is 5.82 Å². The average Bonchev–Trinajstić information content (AvgIpc) is 3.04. The quantitative estimate of drug-likeness (QED) is 0.876. The third-order valence-electron chi connectivity index (χ3n) is 6.49. The van der Waals surface area contributed by atoms with E-state index >= 15 is 0 Å². The molecule has 3 aliphatic rings. The molecule has 1 N–H and O–H groups in total. The topological polar surface area (TPSA) is 32.7 Å². The Morgan fingerprint density at radius 3 is 2.67 bits per heavy atom. The van der Waals surface area contributed by atoms with Crippen molar-refractivity contribution in [2.45, 2.75) is 49.9 Å². The van der Waals surface area contributed by atoms with Crippen LogP contribution in [-0.4, -0.2) is 41.8 Å². The molecule has 2 aromatic carbocycles. The molecule has 3 atom stereocenters. The van der Waals surface area contributed by atoms with Crippen molar-refractivity contribution in [3.63, 3.8) is 0 Å². The number of halogens is 1. The van der Waals surface area contributed by atoms with E-state index in [0.717, 1.165) is 50.9 Å². The third-order valence-corrected chi connectivity index (χ3v) is 6.49. The van der Waals surface area contributed by atoms with Crippen LogP contribution in [0.4, 0.5) is 4.39 Å². The summed E-state index contributed by atoms with van der Waals surface area (Å²) < 4.78 is 20.6. The molecule has 1 aliphatic carbocycles. The number of benzene rings is 2. The van der Waals surface area contributed by atoms with Crippen molar-refractivity contribution in [3.8, 4) is 0 Å². The molecule has 2 heterocycles. The number of likely N-dealkylation sites (tertiary alicyclic amines) is 1. The standard InChI is InChI=1S/C23H26FNO2/c24-17-6-5-16-11-15-3-1-2-4-20(15)22-13-19(27-23(22)21(16)12-17)14-25-9-7-18(26)8-10-25/h1-6,12,18-19,22-23,26H,7-11,13-14H2. The predicted molar refractivity (Wildman–Crippen MR) is 102 cm³/mol. The second-order valence-electron chi connectivity index (χ2n) is 8.27. The highest BCUT2D eigenvalue weighted by Gasteiger charge is 2.41. The zero-order valence-corrected chi connectivity index (χ0v) is 15.5. The fourth-order valence-electron chi connectivity index (χ4n) is 5.11. The minimum absolute atomic E-state index is 0.0697. The van der Waals surface area contributed by atoms with Gasteiger partial charge in [-0.2, -0.15) is 0 Å². The Morgan fingerprint density at radius 1 is 1.04 bits per heavy atom. The molecule has 4 heteroatoms. The molecule has 0 saturated carbocycles. The predicted octanol–water partition coefficient (Wildman–Crippen LogP) is 3.80. The summed E-state index contributed by atoms with van der Waals surface area (Å²) in [6, 6.07) is 13.8. The first-order valence-electron chi connectivity index (χ1n) is 10.1. The minimum Gasteiger partial charge on any atom is -0.393 e. The molecule has 142 valence electrons. The Kier molecular flexibility index (Phi) is 4.50. The Hall–Kier alpha value is -1.75. The van der Waals surface area contributed by atoms with E-state index in [1.807, 2.05) is 6.07 Å². The molecular formula is C23H26FNO2. The van der Waals surface area contributed by atoms with Gasteiger partial charge in [-0.05, 0) is 60.1 Å². The molecular weight excluding hydrogens is 341 g/mol. The Labute approximate surface area is 159 Å². The number of fused-ring (bicyclic) bond motifs is 5. The summed E-state index contributed by atoms with van der Waals surface area (Å²) in [5, 5.41) is 9.74. The van der Waals surface area contributed by atoms with Gasteiger partial charge in [-0.3, -0.25) is 0 Å². The number of ether oxygens (including phenoxy) is 1. The number of rotatable bonds is 2. The lowest BCUT2D eigenvalue weighted by Crippen LogP contribution is -2.40. The molecule has 3 nitrogen and oxygen atoms in total. The molecule has 2 aliphatic heterocycles. The SMILES string of the molecule is OC1CCN(CC2CC3c4ccccc4Cc4ccc(F)cc4C3O2)CC1. The van der Waals surface area contributed by atoms with Gasteiger partial charge in [0.2, 0.25) is 0 Å². The summed E-state index contributed by atoms with van der Waals surface area (Å²) >= 11 is 0. The monoisotopic (exact) mass is 367 g/mol. The number of aliphatic hydroxyl groups excluding tert-OH is 1. The van der Waals surface area contributed by atoms with Crippen LogP contribution in [0.1, 0.15) is 53.5 Å². The molecule has 5 rings (SSSR count). The Bertz CT molecular complexity index is 831. The van der Waals surface area contributed by atoms with E-state index in [-0.39, 0.29) is 30.0 Å². The fourth-order valence-corrected chi connectivity index (χ4v) is 5.11. The number of aliphatic hydroxyl groups is 1. The molecule has 2 saturated heterocycles. The second-order valence-corrected chi connectivity index (χ2v) is 8.27. The van der Waals surface area contributed by atoms with E-state index in [1.54, 1.807) is 12.1 Å². The molecule has 2 aromatic rings. The minimum atomic E-state index is -0.185. The van der Waals surface area contributed by atoms with Gasteiger partial charge in [-0.15, -0.1) is 0 Å². The van der Waals surface area contributed by atoms with Crippen LogP contribution in [-0.2, 0) is 11.2 Å². The van der Waals surface area contributed by atoms with Crippen molar-refractivity contribution in [2.75, 3.05) is 19.6 Å². The fraction of sp³-hybridized carbons (Fsp3) is 0.478. The lowest BCUT2D eigenvalue weighted by Gasteiger charge is -2.31. The molecule has 0 aromatic heterocycles. The first-order chi connectivity index (χ1) is 13.2. The number of hydrogen-bond acceptors (Lipinski definition) is 3. The van der Waals surface area contributed by atoms with Crippen molar-refractivity contribution in [3.05, 3.63) is 70.5 Å². The highest BCUT2D eigenvalue weighted by Crippen LogP contribution is 2.49. The van der Waals surface area contributed by atoms with Crippen molar-refractivity contribution in [2.24, 2.45) is 0 Å². The maximum atomic E-state index is 14.0. The zero-order valence-electron chi connectivity index (χ0n) is 15.5. The van der Waals surface area contributed by atoms with Gasteiger partial charge in [-0.25, -0.2) is 4.39 Å². The van der Waals surface area contributed by atoms with Gasteiger partial charge < -0.3 is 14.7 Å². The smallest absolute Gasteiger partial charge is 0.123 e. The van der Waals surface area contributed by atoms with Crippen LogP contribution in [0.3, 0.4) is 0 Å². The molecule has 0 radical (unpaired) electrons. The zero-order chi connectivity index (χ0) is 18.4. The summed E-state index contributed by atoms with van der Waals surface area (Å²) in [5.74, 6) is 0.0974. The lowest BCUT2D eigenvalue weighted by molar-refractivity contribution is 0.00421. The Morgan fingerprint density at radius 2 is 1.81 bits per heavy atom.